The summed E-state index contributed by atoms with van der Waals surface area (Å²) in [4.78, 5) is 19.0. The second kappa shape index (κ2) is 8.68. The molecule has 1 unspecified atom stereocenters. The van der Waals surface area contributed by atoms with E-state index in [2.05, 4.69) is 45.9 Å². The van der Waals surface area contributed by atoms with Gasteiger partial charge in [0.2, 0.25) is 5.91 Å². The van der Waals surface area contributed by atoms with E-state index < -0.39 is 0 Å². The molecule has 2 N–H and O–H groups in total. The van der Waals surface area contributed by atoms with Crippen LogP contribution < -0.4 is 10.6 Å². The summed E-state index contributed by atoms with van der Waals surface area (Å²) >= 11 is 0. The third kappa shape index (κ3) is 4.78. The van der Waals surface area contributed by atoms with Crippen molar-refractivity contribution in [3.63, 3.8) is 0 Å². The van der Waals surface area contributed by atoms with E-state index in [0.29, 0.717) is 13.0 Å². The number of aromatic nitrogens is 2. The van der Waals surface area contributed by atoms with Crippen molar-refractivity contribution < 1.29 is 4.79 Å². The van der Waals surface area contributed by atoms with Gasteiger partial charge in [0.1, 0.15) is 0 Å². The number of hydrogen-bond donors (Lipinski definition) is 2. The number of aliphatic imine (C=N–C) groups is 1. The van der Waals surface area contributed by atoms with Gasteiger partial charge >= 0.3 is 0 Å². The number of nitrogens with one attached hydrogen (secondary N) is 2. The number of rotatable bonds is 5. The number of carbonyl (C=O) groups excluding carboxylic acids is 1. The van der Waals surface area contributed by atoms with Crippen molar-refractivity contribution in [1.29, 1.82) is 0 Å². The predicted octanol–water partition coefficient (Wildman–Crippen LogP) is 2.00. The number of piperidine rings is 1. The van der Waals surface area contributed by atoms with Crippen molar-refractivity contribution in [3.05, 3.63) is 53.9 Å². The lowest BCUT2D eigenvalue weighted by Gasteiger charge is -2.40. The van der Waals surface area contributed by atoms with E-state index in [1.807, 2.05) is 29.1 Å². The van der Waals surface area contributed by atoms with Crippen LogP contribution in [0.3, 0.4) is 0 Å². The number of benzene rings is 1. The summed E-state index contributed by atoms with van der Waals surface area (Å²) in [6.45, 7) is 6.92. The molecule has 2 aliphatic rings. The molecule has 154 valence electrons. The smallest absolute Gasteiger partial charge is 0.220 e. The van der Waals surface area contributed by atoms with E-state index in [4.69, 9.17) is 4.99 Å². The highest BCUT2D eigenvalue weighted by atomic mass is 16.1. The van der Waals surface area contributed by atoms with Gasteiger partial charge in [-0.1, -0.05) is 30.3 Å². The molecule has 7 heteroatoms. The zero-order chi connectivity index (χ0) is 20.1. The van der Waals surface area contributed by atoms with Gasteiger partial charge in [-0.2, -0.15) is 5.10 Å². The van der Waals surface area contributed by atoms with Gasteiger partial charge < -0.3 is 15.5 Å². The summed E-state index contributed by atoms with van der Waals surface area (Å²) in [5.41, 5.74) is 2.39. The molecule has 1 spiro atoms. The third-order valence-corrected chi connectivity index (χ3v) is 5.78. The van der Waals surface area contributed by atoms with Gasteiger partial charge in [-0.25, -0.2) is 4.99 Å². The van der Waals surface area contributed by atoms with E-state index in [-0.39, 0.29) is 11.3 Å². The van der Waals surface area contributed by atoms with Crippen LogP contribution in [0.2, 0.25) is 0 Å². The average Bonchev–Trinajstić information content (AvgIpc) is 3.32. The highest BCUT2D eigenvalue weighted by Crippen LogP contribution is 2.36. The molecule has 2 fully saturated rings. The van der Waals surface area contributed by atoms with Crippen molar-refractivity contribution in [2.45, 2.75) is 39.3 Å². The lowest BCUT2D eigenvalue weighted by atomic mass is 9.79. The van der Waals surface area contributed by atoms with Crippen LogP contribution in [-0.2, 0) is 17.9 Å². The van der Waals surface area contributed by atoms with E-state index >= 15 is 0 Å². The highest BCUT2D eigenvalue weighted by Gasteiger charge is 2.42. The van der Waals surface area contributed by atoms with Gasteiger partial charge in [0, 0.05) is 49.8 Å². The van der Waals surface area contributed by atoms with Crippen LogP contribution in [0.25, 0.3) is 0 Å². The molecule has 1 amide bonds. The van der Waals surface area contributed by atoms with Gasteiger partial charge in [-0.15, -0.1) is 0 Å². The Morgan fingerprint density at radius 3 is 2.93 bits per heavy atom. The SMILES string of the molecule is CCNC(=NCc1cnn(Cc2ccccc2)c1)N1CCCC2(CNC(=O)C2)C1. The molecule has 0 saturated carbocycles. The fourth-order valence-electron chi connectivity index (χ4n) is 4.37. The Morgan fingerprint density at radius 2 is 2.17 bits per heavy atom. The Kier molecular flexibility index (Phi) is 5.83. The molecule has 4 rings (SSSR count). The first-order valence-electron chi connectivity index (χ1n) is 10.5. The quantitative estimate of drug-likeness (QED) is 0.601. The Labute approximate surface area is 172 Å². The second-order valence-electron chi connectivity index (χ2n) is 8.18. The fourth-order valence-corrected chi connectivity index (χ4v) is 4.37. The Balaban J connectivity index is 1.41. The number of guanidine groups is 1. The first-order chi connectivity index (χ1) is 14.2. The molecule has 1 aromatic heterocycles. The monoisotopic (exact) mass is 394 g/mol. The molecule has 2 aromatic rings. The normalized spacial score (nSPS) is 22.2. The molecule has 0 radical (unpaired) electrons. The maximum Gasteiger partial charge on any atom is 0.220 e. The van der Waals surface area contributed by atoms with Gasteiger partial charge in [-0.05, 0) is 25.3 Å². The van der Waals surface area contributed by atoms with Crippen LogP contribution >= 0.6 is 0 Å². The number of nitrogens with zero attached hydrogens (tertiary/aromatic N) is 4. The van der Waals surface area contributed by atoms with Crippen molar-refractivity contribution in [2.75, 3.05) is 26.2 Å². The number of likely N-dealkylation sites (tertiary alicyclic amines) is 1. The molecule has 7 nitrogen and oxygen atoms in total. The number of hydrogen-bond acceptors (Lipinski definition) is 3. The minimum atomic E-state index is 0.0616. The average molecular weight is 395 g/mol. The lowest BCUT2D eigenvalue weighted by molar-refractivity contribution is -0.119. The van der Waals surface area contributed by atoms with E-state index in [9.17, 15) is 4.79 Å². The molecule has 29 heavy (non-hydrogen) atoms. The molecule has 3 heterocycles. The standard InChI is InChI=1S/C22H30N6O/c1-2-23-21(27-10-6-9-22(17-27)11-20(29)25-16-22)24-12-19-13-26-28(15-19)14-18-7-4-3-5-8-18/h3-5,7-8,13,15H,2,6,9-12,14,16-17H2,1H3,(H,23,24)(H,25,29). The third-order valence-electron chi connectivity index (χ3n) is 5.78. The van der Waals surface area contributed by atoms with Gasteiger partial charge in [-0.3, -0.25) is 9.48 Å². The molecule has 1 aromatic carbocycles. The molecule has 0 bridgehead atoms. The van der Waals surface area contributed by atoms with Gasteiger partial charge in [0.25, 0.3) is 0 Å². The topological polar surface area (TPSA) is 74.6 Å². The van der Waals surface area contributed by atoms with Crippen LogP contribution in [0.5, 0.6) is 0 Å². The molecular weight excluding hydrogens is 364 g/mol. The second-order valence-corrected chi connectivity index (χ2v) is 8.18. The summed E-state index contributed by atoms with van der Waals surface area (Å²) in [5.74, 6) is 1.11. The largest absolute Gasteiger partial charge is 0.357 e. The lowest BCUT2D eigenvalue weighted by Crippen LogP contribution is -2.51. The Hall–Kier alpha value is -2.83. The van der Waals surface area contributed by atoms with E-state index in [1.165, 1.54) is 5.56 Å². The Bertz CT molecular complexity index is 861. The zero-order valence-corrected chi connectivity index (χ0v) is 17.1. The minimum absolute atomic E-state index is 0.0616. The predicted molar refractivity (Wildman–Crippen MR) is 113 cm³/mol. The summed E-state index contributed by atoms with van der Waals surface area (Å²) in [6.07, 6.45) is 6.79. The number of amides is 1. The van der Waals surface area contributed by atoms with Crippen molar-refractivity contribution >= 4 is 11.9 Å². The fraction of sp³-hybridized carbons (Fsp3) is 0.500. The summed E-state index contributed by atoms with van der Waals surface area (Å²) in [5, 5.41) is 10.9. The number of carbonyl (C=O) groups is 1. The van der Waals surface area contributed by atoms with Crippen LogP contribution in [-0.4, -0.2) is 52.7 Å². The summed E-state index contributed by atoms with van der Waals surface area (Å²) in [6, 6.07) is 10.3. The van der Waals surface area contributed by atoms with Crippen LogP contribution in [0.15, 0.2) is 47.7 Å². The van der Waals surface area contributed by atoms with Gasteiger partial charge in [0.15, 0.2) is 5.96 Å². The van der Waals surface area contributed by atoms with Crippen molar-refractivity contribution in [2.24, 2.45) is 10.4 Å². The molecule has 2 saturated heterocycles. The Morgan fingerprint density at radius 1 is 1.31 bits per heavy atom. The summed E-state index contributed by atoms with van der Waals surface area (Å²) in [7, 11) is 0. The van der Waals surface area contributed by atoms with Crippen LogP contribution in [0, 0.1) is 5.41 Å². The van der Waals surface area contributed by atoms with Gasteiger partial charge in [0.05, 0.1) is 19.3 Å². The van der Waals surface area contributed by atoms with E-state index in [0.717, 1.165) is 57.1 Å². The first-order valence-corrected chi connectivity index (χ1v) is 10.5. The molecular formula is C22H30N6O. The summed E-state index contributed by atoms with van der Waals surface area (Å²) < 4.78 is 1.96. The molecule has 1 atom stereocenters. The molecule has 0 aliphatic carbocycles. The maximum absolute atomic E-state index is 11.8. The maximum atomic E-state index is 11.8. The van der Waals surface area contributed by atoms with Crippen molar-refractivity contribution in [3.8, 4) is 0 Å². The van der Waals surface area contributed by atoms with Crippen LogP contribution in [0.1, 0.15) is 37.3 Å². The van der Waals surface area contributed by atoms with E-state index in [1.54, 1.807) is 0 Å². The highest BCUT2D eigenvalue weighted by molar-refractivity contribution is 5.81. The first kappa shape index (κ1) is 19.5. The van der Waals surface area contributed by atoms with Crippen molar-refractivity contribution in [1.82, 2.24) is 25.3 Å². The zero-order valence-electron chi connectivity index (χ0n) is 17.1. The molecule has 2 aliphatic heterocycles. The van der Waals surface area contributed by atoms with Crippen LogP contribution in [0.4, 0.5) is 0 Å². The minimum Gasteiger partial charge on any atom is -0.357 e.